The Morgan fingerprint density at radius 2 is 2.04 bits per heavy atom. The molecule has 6 nitrogen and oxygen atoms in total. The standard InChI is InChI=1S/C21H32N4O2/c1-4-23-19(24-14-20(2,3)18(22)26)25-16-13-21(11-7-8-12-21)27-17-10-6-5-9-15(16)17/h5-6,9-10,16H,4,7-8,11-14H2,1-3H3,(H2,22,26)(H2,23,24,25). The Morgan fingerprint density at radius 3 is 2.70 bits per heavy atom. The van der Waals surface area contributed by atoms with Crippen LogP contribution in [-0.2, 0) is 4.79 Å². The molecule has 1 saturated carbocycles. The van der Waals surface area contributed by atoms with Gasteiger partial charge in [0.05, 0.1) is 18.0 Å². The van der Waals surface area contributed by atoms with E-state index in [1.165, 1.54) is 12.8 Å². The van der Waals surface area contributed by atoms with Gasteiger partial charge in [-0.15, -0.1) is 0 Å². The van der Waals surface area contributed by atoms with Gasteiger partial charge in [0.15, 0.2) is 5.96 Å². The molecule has 27 heavy (non-hydrogen) atoms. The highest BCUT2D eigenvalue weighted by Crippen LogP contribution is 2.46. The van der Waals surface area contributed by atoms with Gasteiger partial charge in [-0.1, -0.05) is 18.2 Å². The molecule has 2 aliphatic rings. The number of guanidine groups is 1. The van der Waals surface area contributed by atoms with Gasteiger partial charge in [0.25, 0.3) is 0 Å². The smallest absolute Gasteiger partial charge is 0.224 e. The lowest BCUT2D eigenvalue weighted by molar-refractivity contribution is -0.125. The van der Waals surface area contributed by atoms with Gasteiger partial charge in [0.1, 0.15) is 11.4 Å². The molecular weight excluding hydrogens is 340 g/mol. The Morgan fingerprint density at radius 1 is 1.33 bits per heavy atom. The number of rotatable bonds is 5. The number of carbonyl (C=O) groups is 1. The van der Waals surface area contributed by atoms with Crippen molar-refractivity contribution in [2.45, 2.75) is 64.5 Å². The summed E-state index contributed by atoms with van der Waals surface area (Å²) in [6.45, 7) is 6.76. The van der Waals surface area contributed by atoms with Crippen molar-refractivity contribution >= 4 is 11.9 Å². The van der Waals surface area contributed by atoms with Gasteiger partial charge in [0.2, 0.25) is 5.91 Å². The number of ether oxygens (including phenoxy) is 1. The van der Waals surface area contributed by atoms with Crippen LogP contribution < -0.4 is 21.1 Å². The van der Waals surface area contributed by atoms with Gasteiger partial charge in [-0.25, -0.2) is 0 Å². The second-order valence-corrected chi connectivity index (χ2v) is 8.37. The van der Waals surface area contributed by atoms with E-state index in [1.807, 2.05) is 32.9 Å². The molecule has 1 fully saturated rings. The van der Waals surface area contributed by atoms with E-state index in [2.05, 4.69) is 27.8 Å². The summed E-state index contributed by atoms with van der Waals surface area (Å²) in [6, 6.07) is 8.37. The summed E-state index contributed by atoms with van der Waals surface area (Å²) in [5.74, 6) is 1.33. The monoisotopic (exact) mass is 372 g/mol. The second-order valence-electron chi connectivity index (χ2n) is 8.37. The molecule has 0 radical (unpaired) electrons. The minimum Gasteiger partial charge on any atom is -0.487 e. The van der Waals surface area contributed by atoms with Crippen molar-refractivity contribution in [1.29, 1.82) is 0 Å². The normalized spacial score (nSPS) is 21.4. The maximum atomic E-state index is 11.6. The van der Waals surface area contributed by atoms with Gasteiger partial charge < -0.3 is 21.1 Å². The molecule has 0 saturated heterocycles. The largest absolute Gasteiger partial charge is 0.487 e. The third-order valence-electron chi connectivity index (χ3n) is 5.67. The summed E-state index contributed by atoms with van der Waals surface area (Å²) in [5, 5.41) is 6.88. The molecule has 1 aliphatic heterocycles. The number of aliphatic imine (C=N–C) groups is 1. The van der Waals surface area contributed by atoms with Crippen molar-refractivity contribution in [3.63, 3.8) is 0 Å². The summed E-state index contributed by atoms with van der Waals surface area (Å²) in [4.78, 5) is 16.3. The second kappa shape index (κ2) is 7.79. The first-order valence-electron chi connectivity index (χ1n) is 9.98. The zero-order chi connectivity index (χ0) is 19.5. The lowest BCUT2D eigenvalue weighted by Crippen LogP contribution is -2.47. The van der Waals surface area contributed by atoms with Crippen LogP contribution in [0, 0.1) is 5.41 Å². The van der Waals surface area contributed by atoms with Crippen LogP contribution in [0.2, 0.25) is 0 Å². The molecule has 4 N–H and O–H groups in total. The molecule has 1 atom stereocenters. The quantitative estimate of drug-likeness (QED) is 0.548. The number of benzene rings is 1. The number of hydrogen-bond donors (Lipinski definition) is 3. The highest BCUT2D eigenvalue weighted by Gasteiger charge is 2.43. The van der Waals surface area contributed by atoms with Crippen LogP contribution in [-0.4, -0.2) is 30.6 Å². The van der Waals surface area contributed by atoms with E-state index in [9.17, 15) is 4.79 Å². The van der Waals surface area contributed by atoms with Gasteiger partial charge >= 0.3 is 0 Å². The summed E-state index contributed by atoms with van der Waals surface area (Å²) >= 11 is 0. The highest BCUT2D eigenvalue weighted by molar-refractivity contribution is 5.83. The van der Waals surface area contributed by atoms with Crippen molar-refractivity contribution < 1.29 is 9.53 Å². The number of fused-ring (bicyclic) bond motifs is 1. The van der Waals surface area contributed by atoms with Crippen LogP contribution in [0.4, 0.5) is 0 Å². The fraction of sp³-hybridized carbons (Fsp3) is 0.619. The van der Waals surface area contributed by atoms with Gasteiger partial charge in [-0.2, -0.15) is 0 Å². The zero-order valence-corrected chi connectivity index (χ0v) is 16.7. The average molecular weight is 373 g/mol. The van der Waals surface area contributed by atoms with Crippen LogP contribution >= 0.6 is 0 Å². The van der Waals surface area contributed by atoms with Gasteiger partial charge in [0, 0.05) is 18.5 Å². The van der Waals surface area contributed by atoms with E-state index in [1.54, 1.807) is 0 Å². The van der Waals surface area contributed by atoms with Crippen LogP contribution in [0.3, 0.4) is 0 Å². The van der Waals surface area contributed by atoms with Crippen molar-refractivity contribution in [2.24, 2.45) is 16.1 Å². The first-order chi connectivity index (χ1) is 12.9. The predicted octanol–water partition coefficient (Wildman–Crippen LogP) is 2.89. The highest BCUT2D eigenvalue weighted by atomic mass is 16.5. The van der Waals surface area contributed by atoms with Crippen molar-refractivity contribution in [1.82, 2.24) is 10.6 Å². The van der Waals surface area contributed by atoms with Crippen LogP contribution in [0.5, 0.6) is 5.75 Å². The minimum atomic E-state index is -0.678. The molecule has 1 heterocycles. The Hall–Kier alpha value is -2.24. The SMILES string of the molecule is CCNC(=NCC(C)(C)C(N)=O)NC1CC2(CCCC2)Oc2ccccc21. The minimum absolute atomic E-state index is 0.0736. The topological polar surface area (TPSA) is 88.7 Å². The Bertz CT molecular complexity index is 708. The molecule has 0 aromatic heterocycles. The number of amides is 1. The van der Waals surface area contributed by atoms with E-state index in [4.69, 9.17) is 10.5 Å². The summed E-state index contributed by atoms with van der Waals surface area (Å²) < 4.78 is 6.44. The van der Waals surface area contributed by atoms with E-state index < -0.39 is 5.41 Å². The number of hydrogen-bond acceptors (Lipinski definition) is 3. The summed E-state index contributed by atoms with van der Waals surface area (Å²) in [7, 11) is 0. The summed E-state index contributed by atoms with van der Waals surface area (Å²) in [6.07, 6.45) is 5.56. The molecule has 0 bridgehead atoms. The van der Waals surface area contributed by atoms with Crippen LogP contribution in [0.25, 0.3) is 0 Å². The lowest BCUT2D eigenvalue weighted by atomic mass is 9.86. The maximum absolute atomic E-state index is 11.6. The predicted molar refractivity (Wildman–Crippen MR) is 108 cm³/mol. The first-order valence-corrected chi connectivity index (χ1v) is 9.98. The number of nitrogens with zero attached hydrogens (tertiary/aromatic N) is 1. The fourth-order valence-corrected chi connectivity index (χ4v) is 3.91. The van der Waals surface area contributed by atoms with E-state index in [0.29, 0.717) is 12.5 Å². The van der Waals surface area contributed by atoms with Crippen molar-refractivity contribution in [3.8, 4) is 5.75 Å². The van der Waals surface area contributed by atoms with Crippen molar-refractivity contribution in [2.75, 3.05) is 13.1 Å². The Balaban J connectivity index is 1.83. The fourth-order valence-electron chi connectivity index (χ4n) is 3.91. The zero-order valence-electron chi connectivity index (χ0n) is 16.7. The molecule has 1 aromatic carbocycles. The van der Waals surface area contributed by atoms with E-state index >= 15 is 0 Å². The third kappa shape index (κ3) is 4.37. The number of nitrogens with two attached hydrogens (primary N) is 1. The molecule has 1 aromatic rings. The van der Waals surface area contributed by atoms with Crippen molar-refractivity contribution in [3.05, 3.63) is 29.8 Å². The number of primary amides is 1. The van der Waals surface area contributed by atoms with Gasteiger partial charge in [-0.05, 0) is 52.5 Å². The third-order valence-corrected chi connectivity index (χ3v) is 5.67. The molecular formula is C21H32N4O2. The van der Waals surface area contributed by atoms with E-state index in [-0.39, 0.29) is 17.6 Å². The molecule has 1 aliphatic carbocycles. The average Bonchev–Trinajstić information content (AvgIpc) is 3.07. The van der Waals surface area contributed by atoms with E-state index in [0.717, 1.165) is 37.1 Å². The number of para-hydroxylation sites is 1. The number of nitrogens with one attached hydrogen (secondary N) is 2. The Kier molecular flexibility index (Phi) is 5.63. The maximum Gasteiger partial charge on any atom is 0.224 e. The molecule has 6 heteroatoms. The summed E-state index contributed by atoms with van der Waals surface area (Å²) in [5.41, 5.74) is 5.90. The molecule has 3 rings (SSSR count). The Labute approximate surface area is 162 Å². The lowest BCUT2D eigenvalue weighted by Gasteiger charge is -2.40. The van der Waals surface area contributed by atoms with Gasteiger partial charge in [-0.3, -0.25) is 9.79 Å². The molecule has 1 unspecified atom stereocenters. The van der Waals surface area contributed by atoms with Crippen LogP contribution in [0.1, 0.15) is 64.5 Å². The van der Waals surface area contributed by atoms with Crippen LogP contribution in [0.15, 0.2) is 29.3 Å². The molecule has 1 amide bonds. The molecule has 148 valence electrons. The molecule has 1 spiro atoms. The first kappa shape index (κ1) is 19.5. The number of carbonyl (C=O) groups excluding carboxylic acids is 1.